The number of para-hydroxylation sites is 1. The van der Waals surface area contributed by atoms with Gasteiger partial charge in [0.25, 0.3) is 0 Å². The van der Waals surface area contributed by atoms with Crippen molar-refractivity contribution in [2.24, 2.45) is 0 Å². The van der Waals surface area contributed by atoms with E-state index in [1.165, 1.54) is 23.1 Å². The zero-order chi connectivity index (χ0) is 15.4. The Labute approximate surface area is 121 Å². The summed E-state index contributed by atoms with van der Waals surface area (Å²) in [5, 5.41) is 11.9. The summed E-state index contributed by atoms with van der Waals surface area (Å²) in [6.07, 6.45) is 0. The van der Waals surface area contributed by atoms with Crippen LogP contribution >= 0.6 is 0 Å². The van der Waals surface area contributed by atoms with Crippen LogP contribution in [0.3, 0.4) is 0 Å². The second-order valence-electron chi connectivity index (χ2n) is 4.62. The minimum absolute atomic E-state index is 0.0652. The van der Waals surface area contributed by atoms with E-state index >= 15 is 0 Å². The summed E-state index contributed by atoms with van der Waals surface area (Å²) in [7, 11) is 0. The van der Waals surface area contributed by atoms with Gasteiger partial charge in [0.1, 0.15) is 11.9 Å². The van der Waals surface area contributed by atoms with Gasteiger partial charge in [0.15, 0.2) is 0 Å². The molecular weight excluding hydrogens is 279 g/mol. The topological polar surface area (TPSA) is 78.9 Å². The Morgan fingerprint density at radius 2 is 2.29 bits per heavy atom. The van der Waals surface area contributed by atoms with Crippen LogP contribution in [0, 0.1) is 5.82 Å². The molecule has 6 nitrogen and oxygen atoms in total. The first-order chi connectivity index (χ1) is 10.1. The first kappa shape index (κ1) is 15.2. The molecule has 21 heavy (non-hydrogen) atoms. The number of aromatic carboxylic acids is 1. The minimum atomic E-state index is -1.23. The summed E-state index contributed by atoms with van der Waals surface area (Å²) in [4.78, 5) is 24.8. The second kappa shape index (κ2) is 6.53. The fourth-order valence-electron chi connectivity index (χ4n) is 2.36. The van der Waals surface area contributed by atoms with Crippen molar-refractivity contribution in [3.05, 3.63) is 29.6 Å². The van der Waals surface area contributed by atoms with Crippen LogP contribution in [0.1, 0.15) is 17.3 Å². The van der Waals surface area contributed by atoms with E-state index in [9.17, 15) is 19.1 Å². The van der Waals surface area contributed by atoms with Gasteiger partial charge in [-0.2, -0.15) is 0 Å². The molecule has 2 rings (SSSR count). The highest BCUT2D eigenvalue weighted by molar-refractivity contribution is 5.96. The Balaban J connectivity index is 2.42. The number of rotatable bonds is 4. The standard InChI is InChI=1S/C14H17FN2O4/c1-2-16-13(18)11-8-21-7-6-17(11)12-9(14(19)20)4-3-5-10(12)15/h3-5,11H,2,6-8H2,1H3,(H,16,18)(H,19,20). The SMILES string of the molecule is CCNC(=O)C1COCCN1c1c(F)cccc1C(=O)O. The number of hydrogen-bond donors (Lipinski definition) is 2. The maximum atomic E-state index is 14.1. The van der Waals surface area contributed by atoms with Crippen LogP contribution in [0.4, 0.5) is 10.1 Å². The molecule has 1 aliphatic rings. The van der Waals surface area contributed by atoms with Gasteiger partial charge in [-0.05, 0) is 19.1 Å². The van der Waals surface area contributed by atoms with E-state index in [2.05, 4.69) is 5.32 Å². The molecule has 7 heteroatoms. The van der Waals surface area contributed by atoms with E-state index < -0.39 is 17.8 Å². The number of ether oxygens (including phenoxy) is 1. The van der Waals surface area contributed by atoms with Gasteiger partial charge >= 0.3 is 5.97 Å². The van der Waals surface area contributed by atoms with Gasteiger partial charge in [-0.1, -0.05) is 6.07 Å². The van der Waals surface area contributed by atoms with E-state index in [-0.39, 0.29) is 30.3 Å². The predicted molar refractivity (Wildman–Crippen MR) is 74.0 cm³/mol. The molecular formula is C14H17FN2O4. The van der Waals surface area contributed by atoms with E-state index in [4.69, 9.17) is 4.74 Å². The van der Waals surface area contributed by atoms with E-state index in [1.807, 2.05) is 0 Å². The molecule has 1 fully saturated rings. The molecule has 0 bridgehead atoms. The quantitative estimate of drug-likeness (QED) is 0.862. The zero-order valence-corrected chi connectivity index (χ0v) is 11.6. The fraction of sp³-hybridized carbons (Fsp3) is 0.429. The van der Waals surface area contributed by atoms with Gasteiger partial charge in [-0.25, -0.2) is 9.18 Å². The summed E-state index contributed by atoms with van der Waals surface area (Å²) >= 11 is 0. The number of nitrogens with one attached hydrogen (secondary N) is 1. The largest absolute Gasteiger partial charge is 0.478 e. The van der Waals surface area contributed by atoms with Crippen molar-refractivity contribution in [3.63, 3.8) is 0 Å². The highest BCUT2D eigenvalue weighted by Gasteiger charge is 2.33. The van der Waals surface area contributed by atoms with Crippen molar-refractivity contribution in [2.45, 2.75) is 13.0 Å². The maximum absolute atomic E-state index is 14.1. The number of amides is 1. The lowest BCUT2D eigenvalue weighted by Gasteiger charge is -2.37. The molecule has 114 valence electrons. The summed E-state index contributed by atoms with van der Waals surface area (Å²) in [5.74, 6) is -2.20. The molecule has 1 heterocycles. The molecule has 1 aliphatic heterocycles. The number of carbonyl (C=O) groups is 2. The van der Waals surface area contributed by atoms with Crippen molar-refractivity contribution in [1.29, 1.82) is 0 Å². The lowest BCUT2D eigenvalue weighted by molar-refractivity contribution is -0.124. The molecule has 1 amide bonds. The lowest BCUT2D eigenvalue weighted by Crippen LogP contribution is -2.54. The summed E-state index contributed by atoms with van der Waals surface area (Å²) in [6.45, 7) is 2.87. The Morgan fingerprint density at radius 3 is 2.95 bits per heavy atom. The van der Waals surface area contributed by atoms with Gasteiger partial charge in [0.2, 0.25) is 5.91 Å². The number of anilines is 1. The predicted octanol–water partition coefficient (Wildman–Crippen LogP) is 0.865. The van der Waals surface area contributed by atoms with Gasteiger partial charge in [0.05, 0.1) is 24.5 Å². The van der Waals surface area contributed by atoms with Gasteiger partial charge in [0, 0.05) is 13.1 Å². The average molecular weight is 296 g/mol. The van der Waals surface area contributed by atoms with Crippen LogP contribution in [-0.2, 0) is 9.53 Å². The number of benzene rings is 1. The third kappa shape index (κ3) is 3.13. The third-order valence-electron chi connectivity index (χ3n) is 3.29. The van der Waals surface area contributed by atoms with E-state index in [1.54, 1.807) is 6.92 Å². The van der Waals surface area contributed by atoms with Gasteiger partial charge < -0.3 is 20.1 Å². The normalized spacial score (nSPS) is 18.4. The van der Waals surface area contributed by atoms with Crippen molar-refractivity contribution in [1.82, 2.24) is 5.32 Å². The average Bonchev–Trinajstić information content (AvgIpc) is 2.47. The van der Waals surface area contributed by atoms with Crippen molar-refractivity contribution in [3.8, 4) is 0 Å². The van der Waals surface area contributed by atoms with Crippen molar-refractivity contribution >= 4 is 17.6 Å². The molecule has 1 aromatic rings. The maximum Gasteiger partial charge on any atom is 0.337 e. The molecule has 1 unspecified atom stereocenters. The van der Waals surface area contributed by atoms with Crippen LogP contribution in [0.25, 0.3) is 0 Å². The van der Waals surface area contributed by atoms with Gasteiger partial charge in [-0.15, -0.1) is 0 Å². The highest BCUT2D eigenvalue weighted by atomic mass is 19.1. The van der Waals surface area contributed by atoms with Crippen LogP contribution in [-0.4, -0.2) is 49.3 Å². The Bertz CT molecular complexity index is 550. The first-order valence-electron chi connectivity index (χ1n) is 6.70. The number of morpholine rings is 1. The molecule has 2 N–H and O–H groups in total. The van der Waals surface area contributed by atoms with Gasteiger partial charge in [-0.3, -0.25) is 4.79 Å². The molecule has 0 aliphatic carbocycles. The summed E-state index contributed by atoms with van der Waals surface area (Å²) in [5.41, 5.74) is -0.226. The van der Waals surface area contributed by atoms with Crippen LogP contribution in [0.15, 0.2) is 18.2 Å². The minimum Gasteiger partial charge on any atom is -0.478 e. The summed E-state index contributed by atoms with van der Waals surface area (Å²) in [6, 6.07) is 3.11. The number of likely N-dealkylation sites (N-methyl/N-ethyl adjacent to an activating group) is 1. The number of carbonyl (C=O) groups excluding carboxylic acids is 1. The van der Waals surface area contributed by atoms with E-state index in [0.29, 0.717) is 13.2 Å². The third-order valence-corrected chi connectivity index (χ3v) is 3.29. The Morgan fingerprint density at radius 1 is 1.52 bits per heavy atom. The van der Waals surface area contributed by atoms with Crippen LogP contribution < -0.4 is 10.2 Å². The number of carboxylic acids is 1. The second-order valence-corrected chi connectivity index (χ2v) is 4.62. The molecule has 0 radical (unpaired) electrons. The highest BCUT2D eigenvalue weighted by Crippen LogP contribution is 2.28. The lowest BCUT2D eigenvalue weighted by atomic mass is 10.1. The molecule has 1 saturated heterocycles. The molecule has 1 atom stereocenters. The van der Waals surface area contributed by atoms with E-state index in [0.717, 1.165) is 0 Å². The Hall–Kier alpha value is -2.15. The fourth-order valence-corrected chi connectivity index (χ4v) is 2.36. The smallest absolute Gasteiger partial charge is 0.337 e. The number of carboxylic acid groups (broad SMARTS) is 1. The van der Waals surface area contributed by atoms with Crippen molar-refractivity contribution in [2.75, 3.05) is 31.2 Å². The monoisotopic (exact) mass is 296 g/mol. The molecule has 0 spiro atoms. The van der Waals surface area contributed by atoms with Crippen LogP contribution in [0.2, 0.25) is 0 Å². The molecule has 0 saturated carbocycles. The first-order valence-corrected chi connectivity index (χ1v) is 6.70. The number of halogens is 1. The molecule has 1 aromatic carbocycles. The molecule has 0 aromatic heterocycles. The van der Waals surface area contributed by atoms with Crippen LogP contribution in [0.5, 0.6) is 0 Å². The zero-order valence-electron chi connectivity index (χ0n) is 11.6. The number of hydrogen-bond acceptors (Lipinski definition) is 4. The van der Waals surface area contributed by atoms with Crippen molar-refractivity contribution < 1.29 is 23.8 Å². The number of nitrogens with zero attached hydrogens (tertiary/aromatic N) is 1. The Kier molecular flexibility index (Phi) is 4.74. The summed E-state index contributed by atoms with van der Waals surface area (Å²) < 4.78 is 19.4.